The molecule has 0 radical (unpaired) electrons. The quantitative estimate of drug-likeness (QED) is 0.919. The van der Waals surface area contributed by atoms with Gasteiger partial charge < -0.3 is 5.73 Å². The molecule has 1 aromatic heterocycles. The summed E-state index contributed by atoms with van der Waals surface area (Å²) in [6, 6.07) is 2.07. The van der Waals surface area contributed by atoms with E-state index in [0.29, 0.717) is 13.2 Å². The van der Waals surface area contributed by atoms with Crippen LogP contribution in [0.25, 0.3) is 0 Å². The molecule has 2 rings (SSSR count). The van der Waals surface area contributed by atoms with Crippen molar-refractivity contribution in [3.05, 3.63) is 29.6 Å². The fraction of sp³-hybridized carbons (Fsp3) is 0.688. The van der Waals surface area contributed by atoms with Crippen molar-refractivity contribution in [2.45, 2.75) is 71.2 Å². The van der Waals surface area contributed by atoms with Gasteiger partial charge in [0.1, 0.15) is 0 Å². The zero-order valence-electron chi connectivity index (χ0n) is 13.1. The van der Waals surface area contributed by atoms with Crippen molar-refractivity contribution in [2.75, 3.05) is 0 Å². The molecule has 20 heavy (non-hydrogen) atoms. The molecule has 1 saturated heterocycles. The SMILES string of the molecule is CC1(C)CCCC(C)(C)N1OCc1cncc(CN)c1. The predicted octanol–water partition coefficient (Wildman–Crippen LogP) is 3.02. The monoisotopic (exact) mass is 277 g/mol. The number of hydrogen-bond donors (Lipinski definition) is 1. The molecule has 0 unspecified atom stereocenters. The normalized spacial score (nSPS) is 21.9. The van der Waals surface area contributed by atoms with Gasteiger partial charge in [-0.2, -0.15) is 5.06 Å². The molecule has 0 saturated carbocycles. The van der Waals surface area contributed by atoms with Gasteiger partial charge >= 0.3 is 0 Å². The highest BCUT2D eigenvalue weighted by atomic mass is 16.7. The van der Waals surface area contributed by atoms with Crippen LogP contribution in [0.3, 0.4) is 0 Å². The molecule has 0 aliphatic carbocycles. The average Bonchev–Trinajstić information content (AvgIpc) is 2.37. The van der Waals surface area contributed by atoms with Gasteiger partial charge in [-0.05, 0) is 64.2 Å². The van der Waals surface area contributed by atoms with Gasteiger partial charge in [-0.25, -0.2) is 0 Å². The minimum atomic E-state index is 0.0701. The van der Waals surface area contributed by atoms with E-state index < -0.39 is 0 Å². The van der Waals surface area contributed by atoms with Crippen LogP contribution in [-0.2, 0) is 18.0 Å². The smallest absolute Gasteiger partial charge is 0.0951 e. The second-order valence-electron chi connectivity index (χ2n) is 6.95. The van der Waals surface area contributed by atoms with Gasteiger partial charge in [0.25, 0.3) is 0 Å². The molecule has 1 aromatic rings. The number of nitrogens with two attached hydrogens (primary N) is 1. The van der Waals surface area contributed by atoms with Crippen molar-refractivity contribution in [2.24, 2.45) is 5.73 Å². The maximum absolute atomic E-state index is 6.15. The maximum atomic E-state index is 6.15. The Morgan fingerprint density at radius 1 is 1.15 bits per heavy atom. The molecule has 1 aliphatic heterocycles. The van der Waals surface area contributed by atoms with Crippen molar-refractivity contribution in [1.82, 2.24) is 10.0 Å². The molecule has 0 spiro atoms. The summed E-state index contributed by atoms with van der Waals surface area (Å²) in [5.74, 6) is 0. The Balaban J connectivity index is 2.07. The molecular formula is C16H27N3O. The first-order chi connectivity index (χ1) is 9.35. The first-order valence-corrected chi connectivity index (χ1v) is 7.41. The number of pyridine rings is 1. The van der Waals surface area contributed by atoms with Crippen LogP contribution in [0.15, 0.2) is 18.5 Å². The predicted molar refractivity (Wildman–Crippen MR) is 80.8 cm³/mol. The Bertz CT molecular complexity index is 441. The van der Waals surface area contributed by atoms with Gasteiger partial charge in [0.15, 0.2) is 0 Å². The zero-order valence-corrected chi connectivity index (χ0v) is 13.1. The molecule has 2 heterocycles. The molecule has 1 aliphatic rings. The van der Waals surface area contributed by atoms with E-state index in [9.17, 15) is 0 Å². The van der Waals surface area contributed by atoms with E-state index in [1.54, 1.807) is 6.20 Å². The molecule has 0 atom stereocenters. The van der Waals surface area contributed by atoms with Gasteiger partial charge in [-0.15, -0.1) is 0 Å². The summed E-state index contributed by atoms with van der Waals surface area (Å²) in [6.07, 6.45) is 7.24. The second kappa shape index (κ2) is 5.80. The van der Waals surface area contributed by atoms with E-state index in [4.69, 9.17) is 10.6 Å². The van der Waals surface area contributed by atoms with Gasteiger partial charge in [0.05, 0.1) is 6.61 Å². The van der Waals surface area contributed by atoms with Crippen LogP contribution >= 0.6 is 0 Å². The van der Waals surface area contributed by atoms with E-state index >= 15 is 0 Å². The van der Waals surface area contributed by atoms with Gasteiger partial charge in [-0.1, -0.05) is 0 Å². The Kier molecular flexibility index (Phi) is 4.47. The minimum absolute atomic E-state index is 0.0701. The summed E-state index contributed by atoms with van der Waals surface area (Å²) in [7, 11) is 0. The standard InChI is InChI=1S/C16H27N3O/c1-15(2)6-5-7-16(3,4)19(15)20-12-14-8-13(9-17)10-18-11-14/h8,10-11H,5-7,9,12,17H2,1-4H3. The number of hydrogen-bond acceptors (Lipinski definition) is 4. The molecule has 2 N–H and O–H groups in total. The molecule has 0 amide bonds. The van der Waals surface area contributed by atoms with E-state index in [0.717, 1.165) is 24.0 Å². The highest BCUT2D eigenvalue weighted by Crippen LogP contribution is 2.38. The molecule has 4 nitrogen and oxygen atoms in total. The summed E-state index contributed by atoms with van der Waals surface area (Å²) in [5.41, 5.74) is 7.91. The van der Waals surface area contributed by atoms with Crippen LogP contribution in [0.1, 0.15) is 58.1 Å². The lowest BCUT2D eigenvalue weighted by Gasteiger charge is -2.51. The highest BCUT2D eigenvalue weighted by Gasteiger charge is 2.42. The highest BCUT2D eigenvalue weighted by molar-refractivity contribution is 5.17. The van der Waals surface area contributed by atoms with Crippen molar-refractivity contribution in [1.29, 1.82) is 0 Å². The lowest BCUT2D eigenvalue weighted by Crippen LogP contribution is -2.58. The fourth-order valence-corrected chi connectivity index (χ4v) is 3.20. The number of hydroxylamine groups is 2. The number of nitrogens with zero attached hydrogens (tertiary/aromatic N) is 2. The fourth-order valence-electron chi connectivity index (χ4n) is 3.20. The molecule has 1 fully saturated rings. The topological polar surface area (TPSA) is 51.4 Å². The van der Waals surface area contributed by atoms with E-state index in [2.05, 4.69) is 43.8 Å². The van der Waals surface area contributed by atoms with E-state index in [-0.39, 0.29) is 11.1 Å². The number of aromatic nitrogens is 1. The lowest BCUT2D eigenvalue weighted by molar-refractivity contribution is -0.288. The van der Waals surface area contributed by atoms with Crippen LogP contribution in [0, 0.1) is 0 Å². The zero-order chi connectivity index (χ0) is 14.8. The Hall–Kier alpha value is -0.970. The summed E-state index contributed by atoms with van der Waals surface area (Å²) in [6.45, 7) is 10.1. The summed E-state index contributed by atoms with van der Waals surface area (Å²) in [4.78, 5) is 10.4. The van der Waals surface area contributed by atoms with Crippen molar-refractivity contribution >= 4 is 0 Å². The van der Waals surface area contributed by atoms with Crippen LogP contribution in [0.5, 0.6) is 0 Å². The number of rotatable bonds is 4. The van der Waals surface area contributed by atoms with Crippen LogP contribution in [0.2, 0.25) is 0 Å². The third-order valence-electron chi connectivity index (χ3n) is 4.12. The van der Waals surface area contributed by atoms with Crippen molar-refractivity contribution < 1.29 is 4.84 Å². The van der Waals surface area contributed by atoms with Crippen LogP contribution < -0.4 is 5.73 Å². The van der Waals surface area contributed by atoms with Crippen LogP contribution in [-0.4, -0.2) is 21.1 Å². The molecular weight excluding hydrogens is 250 g/mol. The third kappa shape index (κ3) is 3.37. The van der Waals surface area contributed by atoms with Gasteiger partial charge in [0, 0.05) is 30.0 Å². The summed E-state index contributed by atoms with van der Waals surface area (Å²) >= 11 is 0. The average molecular weight is 277 g/mol. The molecule has 112 valence electrons. The Labute approximate surface area is 122 Å². The minimum Gasteiger partial charge on any atom is -0.326 e. The number of piperidine rings is 1. The Morgan fingerprint density at radius 3 is 2.35 bits per heavy atom. The molecule has 4 heteroatoms. The van der Waals surface area contributed by atoms with Crippen molar-refractivity contribution in [3.63, 3.8) is 0 Å². The van der Waals surface area contributed by atoms with Gasteiger partial charge in [-0.3, -0.25) is 9.82 Å². The summed E-state index contributed by atoms with van der Waals surface area (Å²) < 4.78 is 0. The third-order valence-corrected chi connectivity index (χ3v) is 4.12. The molecule has 0 bridgehead atoms. The maximum Gasteiger partial charge on any atom is 0.0951 e. The largest absolute Gasteiger partial charge is 0.326 e. The first kappa shape index (κ1) is 15.4. The summed E-state index contributed by atoms with van der Waals surface area (Å²) in [5, 5.41) is 2.18. The first-order valence-electron chi connectivity index (χ1n) is 7.41. The second-order valence-corrected chi connectivity index (χ2v) is 6.95. The lowest BCUT2D eigenvalue weighted by atomic mass is 9.82. The Morgan fingerprint density at radius 2 is 1.75 bits per heavy atom. The van der Waals surface area contributed by atoms with E-state index in [1.807, 2.05) is 6.20 Å². The van der Waals surface area contributed by atoms with Crippen LogP contribution in [0.4, 0.5) is 0 Å². The molecule has 0 aromatic carbocycles. The van der Waals surface area contributed by atoms with Gasteiger partial charge in [0.2, 0.25) is 0 Å². The van der Waals surface area contributed by atoms with E-state index in [1.165, 1.54) is 6.42 Å². The van der Waals surface area contributed by atoms with Crippen molar-refractivity contribution in [3.8, 4) is 0 Å².